The molecule has 6 nitrogen and oxygen atoms in total. The maximum absolute atomic E-state index is 12.7. The predicted molar refractivity (Wildman–Crippen MR) is 113 cm³/mol. The first kappa shape index (κ1) is 24.3. The van der Waals surface area contributed by atoms with Crippen molar-refractivity contribution in [3.8, 4) is 0 Å². The highest BCUT2D eigenvalue weighted by molar-refractivity contribution is 5.82. The summed E-state index contributed by atoms with van der Waals surface area (Å²) in [7, 11) is 0. The van der Waals surface area contributed by atoms with Gasteiger partial charge in [0.15, 0.2) is 0 Å². The third-order valence-corrected chi connectivity index (χ3v) is 4.40. The molecule has 0 spiro atoms. The number of ether oxygens (including phenoxy) is 1. The fourth-order valence-corrected chi connectivity index (χ4v) is 2.83. The Labute approximate surface area is 172 Å². The summed E-state index contributed by atoms with van der Waals surface area (Å²) in [5, 5.41) is 18.4. The predicted octanol–water partition coefficient (Wildman–Crippen LogP) is 3.20. The van der Waals surface area contributed by atoms with E-state index in [0.29, 0.717) is 19.2 Å². The summed E-state index contributed by atoms with van der Waals surface area (Å²) in [6.45, 7) is 4.63. The number of carboxylic acid groups (broad SMARTS) is 1. The summed E-state index contributed by atoms with van der Waals surface area (Å²) in [5.74, 6) is -1.76. The van der Waals surface area contributed by atoms with Crippen LogP contribution in [0, 0.1) is 0 Å². The van der Waals surface area contributed by atoms with E-state index in [1.165, 1.54) is 0 Å². The molecule has 0 amide bonds. The number of carboxylic acids is 1. The molecule has 0 aromatic heterocycles. The molecule has 2 rings (SSSR count). The maximum atomic E-state index is 12.7. The Morgan fingerprint density at radius 2 is 1.38 bits per heavy atom. The van der Waals surface area contributed by atoms with Crippen molar-refractivity contribution < 1.29 is 24.5 Å². The summed E-state index contributed by atoms with van der Waals surface area (Å²) in [4.78, 5) is 21.8. The number of carbonyl (C=O) groups is 2. The van der Waals surface area contributed by atoms with Gasteiger partial charge in [-0.05, 0) is 24.0 Å². The number of hydrogen-bond donors (Lipinski definition) is 3. The van der Waals surface area contributed by atoms with E-state index >= 15 is 0 Å². The number of rotatable bonds is 10. The first-order valence-electron chi connectivity index (χ1n) is 9.85. The quantitative estimate of drug-likeness (QED) is 0.418. The van der Waals surface area contributed by atoms with E-state index in [4.69, 9.17) is 19.7 Å². The van der Waals surface area contributed by atoms with Gasteiger partial charge >= 0.3 is 11.9 Å². The van der Waals surface area contributed by atoms with E-state index in [1.807, 2.05) is 60.7 Å². The SMILES string of the molecule is CCC(CC)NCCOC(=O)C(c1ccccc1)c1ccccc1.O=C(O)CO. The van der Waals surface area contributed by atoms with E-state index in [9.17, 15) is 4.79 Å². The molecule has 0 heterocycles. The van der Waals surface area contributed by atoms with Crippen molar-refractivity contribution in [3.05, 3.63) is 71.8 Å². The summed E-state index contributed by atoms with van der Waals surface area (Å²) in [5.41, 5.74) is 1.92. The standard InChI is InChI=1S/C21H27NO2.C2H4O3/c1-3-19(4-2)22-15-16-24-21(23)20(17-11-7-5-8-12-17)18-13-9-6-10-14-18;3-1-2(4)5/h5-14,19-20,22H,3-4,15-16H2,1-2H3;3H,1H2,(H,4,5). The first-order chi connectivity index (χ1) is 14.0. The Kier molecular flexibility index (Phi) is 12.0. The molecule has 6 heteroatoms. The molecule has 0 saturated carbocycles. The van der Waals surface area contributed by atoms with Crippen LogP contribution in [0.25, 0.3) is 0 Å². The third-order valence-electron chi connectivity index (χ3n) is 4.40. The monoisotopic (exact) mass is 401 g/mol. The second kappa shape index (κ2) is 14.3. The van der Waals surface area contributed by atoms with Gasteiger partial charge in [-0.25, -0.2) is 4.79 Å². The minimum absolute atomic E-state index is 0.196. The molecule has 2 aromatic carbocycles. The van der Waals surface area contributed by atoms with E-state index in [1.54, 1.807) is 0 Å². The normalized spacial score (nSPS) is 10.4. The van der Waals surface area contributed by atoms with Crippen LogP contribution >= 0.6 is 0 Å². The van der Waals surface area contributed by atoms with Gasteiger partial charge in [0.05, 0.1) is 0 Å². The molecule has 0 aliphatic heterocycles. The van der Waals surface area contributed by atoms with Crippen LogP contribution in [0.2, 0.25) is 0 Å². The van der Waals surface area contributed by atoms with Gasteiger partial charge in [-0.2, -0.15) is 0 Å². The number of aliphatic carboxylic acids is 1. The van der Waals surface area contributed by atoms with Crippen molar-refractivity contribution in [2.24, 2.45) is 0 Å². The third kappa shape index (κ3) is 9.36. The first-order valence-corrected chi connectivity index (χ1v) is 9.85. The molecule has 0 aliphatic carbocycles. The van der Waals surface area contributed by atoms with Gasteiger partial charge in [0.2, 0.25) is 0 Å². The lowest BCUT2D eigenvalue weighted by molar-refractivity contribution is -0.144. The fraction of sp³-hybridized carbons (Fsp3) is 0.391. The number of aliphatic hydroxyl groups is 1. The van der Waals surface area contributed by atoms with Crippen molar-refractivity contribution >= 4 is 11.9 Å². The highest BCUT2D eigenvalue weighted by atomic mass is 16.5. The molecule has 2 aromatic rings. The molecule has 0 fully saturated rings. The number of carbonyl (C=O) groups excluding carboxylic acids is 1. The molecule has 29 heavy (non-hydrogen) atoms. The van der Waals surface area contributed by atoms with Gasteiger partial charge in [0.1, 0.15) is 19.1 Å². The van der Waals surface area contributed by atoms with Crippen molar-refractivity contribution in [2.45, 2.75) is 38.6 Å². The summed E-state index contributed by atoms with van der Waals surface area (Å²) in [6.07, 6.45) is 2.17. The number of benzene rings is 2. The molecule has 0 aliphatic rings. The van der Waals surface area contributed by atoms with Crippen molar-refractivity contribution in [3.63, 3.8) is 0 Å². The Morgan fingerprint density at radius 1 is 0.931 bits per heavy atom. The van der Waals surface area contributed by atoms with Crippen LogP contribution in [0.4, 0.5) is 0 Å². The van der Waals surface area contributed by atoms with Crippen LogP contribution in [0.1, 0.15) is 43.7 Å². The van der Waals surface area contributed by atoms with Crippen LogP contribution in [0.3, 0.4) is 0 Å². The van der Waals surface area contributed by atoms with Crippen molar-refractivity contribution in [1.82, 2.24) is 5.32 Å². The molecule has 0 saturated heterocycles. The Hall–Kier alpha value is -2.70. The van der Waals surface area contributed by atoms with E-state index in [-0.39, 0.29) is 11.9 Å². The smallest absolute Gasteiger partial charge is 0.329 e. The lowest BCUT2D eigenvalue weighted by Gasteiger charge is -2.18. The second-order valence-corrected chi connectivity index (χ2v) is 6.44. The Bertz CT molecular complexity index is 662. The van der Waals surface area contributed by atoms with Crippen LogP contribution in [-0.2, 0) is 14.3 Å². The number of nitrogens with one attached hydrogen (secondary N) is 1. The van der Waals surface area contributed by atoms with Crippen LogP contribution in [0.5, 0.6) is 0 Å². The molecule has 0 unspecified atom stereocenters. The van der Waals surface area contributed by atoms with Crippen LogP contribution in [0.15, 0.2) is 60.7 Å². The van der Waals surface area contributed by atoms with Gasteiger partial charge in [-0.15, -0.1) is 0 Å². The maximum Gasteiger partial charge on any atom is 0.329 e. The van der Waals surface area contributed by atoms with Crippen LogP contribution in [-0.4, -0.2) is 48.0 Å². The second-order valence-electron chi connectivity index (χ2n) is 6.44. The van der Waals surface area contributed by atoms with Gasteiger partial charge < -0.3 is 20.3 Å². The van der Waals surface area contributed by atoms with Gasteiger partial charge in [0, 0.05) is 12.6 Å². The molecular weight excluding hydrogens is 370 g/mol. The number of esters is 1. The number of hydrogen-bond acceptors (Lipinski definition) is 5. The Morgan fingerprint density at radius 3 is 1.76 bits per heavy atom. The van der Waals surface area contributed by atoms with Crippen molar-refractivity contribution in [2.75, 3.05) is 19.8 Å². The Balaban J connectivity index is 0.000000749. The lowest BCUT2D eigenvalue weighted by atomic mass is 9.91. The fourth-order valence-electron chi connectivity index (χ4n) is 2.83. The zero-order chi connectivity index (χ0) is 21.5. The summed E-state index contributed by atoms with van der Waals surface area (Å²) >= 11 is 0. The van der Waals surface area contributed by atoms with Crippen LogP contribution < -0.4 is 5.32 Å². The molecule has 0 atom stereocenters. The van der Waals surface area contributed by atoms with Gasteiger partial charge in [-0.3, -0.25) is 4.79 Å². The highest BCUT2D eigenvalue weighted by Gasteiger charge is 2.23. The van der Waals surface area contributed by atoms with Gasteiger partial charge in [-0.1, -0.05) is 74.5 Å². The topological polar surface area (TPSA) is 95.9 Å². The summed E-state index contributed by atoms with van der Waals surface area (Å²) in [6, 6.07) is 20.1. The zero-order valence-corrected chi connectivity index (χ0v) is 17.1. The molecule has 3 N–H and O–H groups in total. The lowest BCUT2D eigenvalue weighted by Crippen LogP contribution is -2.32. The minimum atomic E-state index is -1.19. The minimum Gasteiger partial charge on any atom is -0.480 e. The zero-order valence-electron chi connectivity index (χ0n) is 17.1. The van der Waals surface area contributed by atoms with Gasteiger partial charge in [0.25, 0.3) is 0 Å². The highest BCUT2D eigenvalue weighted by Crippen LogP contribution is 2.25. The molecule has 0 radical (unpaired) electrons. The average Bonchev–Trinajstić information content (AvgIpc) is 2.76. The van der Waals surface area contributed by atoms with E-state index < -0.39 is 12.6 Å². The van der Waals surface area contributed by atoms with Crippen molar-refractivity contribution in [1.29, 1.82) is 0 Å². The van der Waals surface area contributed by atoms with E-state index in [0.717, 1.165) is 24.0 Å². The number of aliphatic hydroxyl groups excluding tert-OH is 1. The van der Waals surface area contributed by atoms with E-state index in [2.05, 4.69) is 19.2 Å². The molecule has 0 bridgehead atoms. The summed E-state index contributed by atoms with van der Waals surface area (Å²) < 4.78 is 5.55. The molecular formula is C23H31NO5. The average molecular weight is 402 g/mol. The largest absolute Gasteiger partial charge is 0.480 e. The molecule has 158 valence electrons.